The Labute approximate surface area is 172 Å². The second kappa shape index (κ2) is 7.99. The van der Waals surface area contributed by atoms with Gasteiger partial charge in [-0.2, -0.15) is 5.26 Å². The highest BCUT2D eigenvalue weighted by atomic mass is 79.9. The van der Waals surface area contributed by atoms with Crippen molar-refractivity contribution in [2.75, 3.05) is 0 Å². The number of carbonyl (C=O) groups is 1. The fourth-order valence-corrected chi connectivity index (χ4v) is 3.71. The van der Waals surface area contributed by atoms with Crippen LogP contribution in [0, 0.1) is 25.2 Å². The molecule has 1 unspecified atom stereocenters. The number of aromatic nitrogens is 2. The fraction of sp³-hybridized carbons (Fsp3) is 0.227. The number of nitriles is 1. The summed E-state index contributed by atoms with van der Waals surface area (Å²) in [6.07, 6.45) is 1.63. The van der Waals surface area contributed by atoms with Gasteiger partial charge in [-0.3, -0.25) is 9.59 Å². The van der Waals surface area contributed by atoms with Gasteiger partial charge in [-0.25, -0.2) is 0 Å². The van der Waals surface area contributed by atoms with E-state index < -0.39 is 6.04 Å². The summed E-state index contributed by atoms with van der Waals surface area (Å²) in [5.74, 6) is -0.117. The smallest absolute Gasteiger partial charge is 0.251 e. The molecule has 0 saturated heterocycles. The van der Waals surface area contributed by atoms with Gasteiger partial charge in [0.05, 0.1) is 17.7 Å². The van der Waals surface area contributed by atoms with Crippen LogP contribution in [0.2, 0.25) is 0 Å². The number of hydrogen-bond acceptors (Lipinski definition) is 3. The highest BCUT2D eigenvalue weighted by molar-refractivity contribution is 9.10. The molecule has 3 aromatic rings. The molecule has 0 N–H and O–H groups in total. The molecule has 0 amide bonds. The predicted octanol–water partition coefficient (Wildman–Crippen LogP) is 4.39. The summed E-state index contributed by atoms with van der Waals surface area (Å²) < 4.78 is 4.20. The van der Waals surface area contributed by atoms with Gasteiger partial charge in [-0.1, -0.05) is 18.2 Å². The normalized spacial score (nSPS) is 11.8. The highest BCUT2D eigenvalue weighted by Crippen LogP contribution is 2.23. The predicted molar refractivity (Wildman–Crippen MR) is 112 cm³/mol. The number of hydrogen-bond donors (Lipinski definition) is 0. The van der Waals surface area contributed by atoms with Gasteiger partial charge < -0.3 is 9.13 Å². The maximum Gasteiger partial charge on any atom is 0.251 e. The zero-order valence-corrected chi connectivity index (χ0v) is 17.5. The number of nitrogens with zero attached hydrogens (tertiary/aromatic N) is 3. The van der Waals surface area contributed by atoms with Crippen molar-refractivity contribution in [1.29, 1.82) is 5.26 Å². The molecule has 6 heteroatoms. The van der Waals surface area contributed by atoms with Crippen LogP contribution in [0.3, 0.4) is 0 Å². The van der Waals surface area contributed by atoms with Crippen molar-refractivity contribution in [1.82, 2.24) is 9.13 Å². The van der Waals surface area contributed by atoms with Crippen LogP contribution in [0.25, 0.3) is 0 Å². The Morgan fingerprint density at radius 3 is 2.64 bits per heavy atom. The van der Waals surface area contributed by atoms with Gasteiger partial charge in [0, 0.05) is 40.2 Å². The lowest BCUT2D eigenvalue weighted by Gasteiger charge is -2.15. The van der Waals surface area contributed by atoms with E-state index in [-0.39, 0.29) is 11.3 Å². The third-order valence-corrected chi connectivity index (χ3v) is 5.47. The molecule has 0 aliphatic rings. The summed E-state index contributed by atoms with van der Waals surface area (Å²) in [4.78, 5) is 25.3. The van der Waals surface area contributed by atoms with Crippen LogP contribution in [0.1, 0.15) is 45.8 Å². The van der Waals surface area contributed by atoms with E-state index in [1.807, 2.05) is 42.7 Å². The summed E-state index contributed by atoms with van der Waals surface area (Å²) in [6, 6.07) is 14.0. The Hall–Kier alpha value is -2.91. The van der Waals surface area contributed by atoms with Crippen LogP contribution >= 0.6 is 15.9 Å². The van der Waals surface area contributed by atoms with Crippen molar-refractivity contribution in [3.05, 3.63) is 91.6 Å². The summed E-state index contributed by atoms with van der Waals surface area (Å²) in [5, 5.41) is 9.33. The number of pyridine rings is 1. The minimum atomic E-state index is -0.620. The van der Waals surface area contributed by atoms with E-state index in [0.717, 1.165) is 21.4 Å². The van der Waals surface area contributed by atoms with E-state index in [0.29, 0.717) is 17.7 Å². The van der Waals surface area contributed by atoms with Crippen LogP contribution in [0.4, 0.5) is 0 Å². The number of benzene rings is 1. The Morgan fingerprint density at radius 1 is 1.21 bits per heavy atom. The molecule has 0 aliphatic heterocycles. The SMILES string of the molecule is Cc1cc(C(=O)C(C)n2cc(Br)ccc2=O)c(C)n1Cc1ccccc1C#N. The third-order valence-electron chi connectivity index (χ3n) is 5.00. The quantitative estimate of drug-likeness (QED) is 0.555. The number of halogens is 1. The fourth-order valence-electron chi connectivity index (χ4n) is 3.36. The molecule has 0 aliphatic carbocycles. The lowest BCUT2D eigenvalue weighted by Crippen LogP contribution is -2.27. The summed E-state index contributed by atoms with van der Waals surface area (Å²) >= 11 is 3.35. The van der Waals surface area contributed by atoms with Gasteiger partial charge in [-0.05, 0) is 60.5 Å². The first-order valence-corrected chi connectivity index (χ1v) is 9.69. The molecule has 0 fully saturated rings. The maximum absolute atomic E-state index is 13.1. The van der Waals surface area contributed by atoms with Gasteiger partial charge in [0.15, 0.2) is 5.78 Å². The zero-order chi connectivity index (χ0) is 20.4. The minimum Gasteiger partial charge on any atom is -0.344 e. The number of ketones is 1. The molecule has 0 spiro atoms. The van der Waals surface area contributed by atoms with Gasteiger partial charge in [-0.15, -0.1) is 0 Å². The lowest BCUT2D eigenvalue weighted by atomic mass is 10.1. The second-order valence-electron chi connectivity index (χ2n) is 6.77. The van der Waals surface area contributed by atoms with Crippen LogP contribution in [-0.4, -0.2) is 14.9 Å². The molecule has 2 heterocycles. The molecule has 0 saturated carbocycles. The van der Waals surface area contributed by atoms with Crippen molar-refractivity contribution in [2.24, 2.45) is 0 Å². The van der Waals surface area contributed by atoms with Crippen molar-refractivity contribution in [3.8, 4) is 6.07 Å². The van der Waals surface area contributed by atoms with E-state index in [1.54, 1.807) is 25.3 Å². The standard InChI is InChI=1S/C22H20BrN3O2/c1-14-10-20(22(28)16(3)26-13-19(23)8-9-21(26)27)15(2)25(14)12-18-7-5-4-6-17(18)11-24/h4-10,13,16H,12H2,1-3H3. The van der Waals surface area contributed by atoms with Gasteiger partial charge in [0.2, 0.25) is 0 Å². The van der Waals surface area contributed by atoms with Crippen LogP contribution in [-0.2, 0) is 6.54 Å². The maximum atomic E-state index is 13.1. The Morgan fingerprint density at radius 2 is 1.93 bits per heavy atom. The topological polar surface area (TPSA) is 67.8 Å². The van der Waals surface area contributed by atoms with Gasteiger partial charge in [0.25, 0.3) is 5.56 Å². The summed E-state index contributed by atoms with van der Waals surface area (Å²) in [7, 11) is 0. The van der Waals surface area contributed by atoms with Crippen molar-refractivity contribution in [2.45, 2.75) is 33.4 Å². The van der Waals surface area contributed by atoms with E-state index >= 15 is 0 Å². The molecule has 2 aromatic heterocycles. The van der Waals surface area contributed by atoms with E-state index in [9.17, 15) is 14.9 Å². The molecule has 1 aromatic carbocycles. The molecule has 0 bridgehead atoms. The Kier molecular flexibility index (Phi) is 5.66. The van der Waals surface area contributed by atoms with Gasteiger partial charge in [0.1, 0.15) is 0 Å². The first kappa shape index (κ1) is 19.8. The molecule has 142 valence electrons. The van der Waals surface area contributed by atoms with Crippen molar-refractivity contribution >= 4 is 21.7 Å². The van der Waals surface area contributed by atoms with Crippen molar-refractivity contribution in [3.63, 3.8) is 0 Å². The van der Waals surface area contributed by atoms with Crippen LogP contribution < -0.4 is 5.56 Å². The zero-order valence-electron chi connectivity index (χ0n) is 15.9. The Bertz CT molecular complexity index is 1150. The van der Waals surface area contributed by atoms with E-state index in [4.69, 9.17) is 0 Å². The third kappa shape index (κ3) is 3.71. The Balaban J connectivity index is 1.97. The minimum absolute atomic E-state index is 0.117. The molecule has 1 atom stereocenters. The molecule has 0 radical (unpaired) electrons. The first-order valence-electron chi connectivity index (χ1n) is 8.90. The van der Waals surface area contributed by atoms with E-state index in [1.165, 1.54) is 10.6 Å². The number of Topliss-reactive ketones (excluding diaryl/α,β-unsaturated/α-hetero) is 1. The van der Waals surface area contributed by atoms with Crippen LogP contribution in [0.5, 0.6) is 0 Å². The molecule has 28 heavy (non-hydrogen) atoms. The molecular formula is C22H20BrN3O2. The molecule has 3 rings (SSSR count). The second-order valence-corrected chi connectivity index (χ2v) is 7.69. The lowest BCUT2D eigenvalue weighted by molar-refractivity contribution is 0.0932. The molecule has 5 nitrogen and oxygen atoms in total. The number of aryl methyl sites for hydroxylation is 1. The average molecular weight is 438 g/mol. The number of rotatable bonds is 5. The monoisotopic (exact) mass is 437 g/mol. The molecular weight excluding hydrogens is 418 g/mol. The first-order chi connectivity index (χ1) is 13.3. The summed E-state index contributed by atoms with van der Waals surface area (Å²) in [5.41, 5.74) is 3.65. The highest BCUT2D eigenvalue weighted by Gasteiger charge is 2.23. The van der Waals surface area contributed by atoms with Crippen molar-refractivity contribution < 1.29 is 4.79 Å². The van der Waals surface area contributed by atoms with E-state index in [2.05, 4.69) is 22.0 Å². The largest absolute Gasteiger partial charge is 0.344 e. The van der Waals surface area contributed by atoms with Crippen LogP contribution in [0.15, 0.2) is 57.9 Å². The average Bonchev–Trinajstić information content (AvgIpc) is 2.97. The van der Waals surface area contributed by atoms with Gasteiger partial charge >= 0.3 is 0 Å². The summed E-state index contributed by atoms with van der Waals surface area (Å²) in [6.45, 7) is 6.08. The number of carbonyl (C=O) groups excluding carboxylic acids is 1.